The van der Waals surface area contributed by atoms with E-state index in [9.17, 15) is 0 Å². The third kappa shape index (κ3) is 1.14. The van der Waals surface area contributed by atoms with E-state index in [2.05, 4.69) is 17.1 Å². The van der Waals surface area contributed by atoms with Crippen molar-refractivity contribution in [2.45, 2.75) is 13.8 Å². The molecule has 0 aliphatic carbocycles. The third-order valence-corrected chi connectivity index (χ3v) is 2.68. The lowest BCUT2D eigenvalue weighted by Crippen LogP contribution is -1.85. The van der Waals surface area contributed by atoms with Gasteiger partial charge in [0.2, 0.25) is 0 Å². The zero-order valence-electron chi connectivity index (χ0n) is 8.74. The molecule has 2 nitrogen and oxygen atoms in total. The van der Waals surface area contributed by atoms with Crippen molar-refractivity contribution >= 4 is 10.9 Å². The largest absolute Gasteiger partial charge is 0.464 e. The molecule has 1 aromatic rings. The Morgan fingerprint density at radius 1 is 1.13 bits per heavy atom. The summed E-state index contributed by atoms with van der Waals surface area (Å²) in [5.41, 5.74) is 3.20. The molecule has 0 unspecified atom stereocenters. The van der Waals surface area contributed by atoms with Gasteiger partial charge in [-0.15, -0.1) is 0 Å². The minimum atomic E-state index is 0.890. The molecule has 2 heterocycles. The van der Waals surface area contributed by atoms with Crippen LogP contribution in [0, 0.1) is 13.8 Å². The molecule has 1 aromatic carbocycles. The Morgan fingerprint density at radius 3 is 2.80 bits per heavy atom. The highest BCUT2D eigenvalue weighted by molar-refractivity contribution is 5.97. The lowest BCUT2D eigenvalue weighted by Gasteiger charge is -2.03. The summed E-state index contributed by atoms with van der Waals surface area (Å²) in [5.74, 6) is 1.82. The van der Waals surface area contributed by atoms with E-state index < -0.39 is 0 Å². The summed E-state index contributed by atoms with van der Waals surface area (Å²) in [4.78, 5) is 4.56. The van der Waals surface area contributed by atoms with E-state index in [-0.39, 0.29) is 0 Å². The van der Waals surface area contributed by atoms with Crippen LogP contribution >= 0.6 is 0 Å². The number of hydrogen-bond donors (Lipinski definition) is 0. The van der Waals surface area contributed by atoms with Crippen LogP contribution in [0.5, 0.6) is 0 Å². The molecule has 0 fully saturated rings. The highest BCUT2D eigenvalue weighted by Gasteiger charge is 2.15. The van der Waals surface area contributed by atoms with E-state index in [1.54, 1.807) is 0 Å². The number of aryl methyl sites for hydroxylation is 2. The Hall–Kier alpha value is -1.83. The van der Waals surface area contributed by atoms with Crippen LogP contribution in [0.3, 0.4) is 0 Å². The number of hydrogen-bond acceptors (Lipinski definition) is 2. The maximum atomic E-state index is 5.56. The van der Waals surface area contributed by atoms with Crippen LogP contribution in [0.25, 0.3) is 22.2 Å². The van der Waals surface area contributed by atoms with Gasteiger partial charge in [-0.05, 0) is 26.0 Å². The van der Waals surface area contributed by atoms with Crippen molar-refractivity contribution in [3.05, 3.63) is 41.9 Å². The smallest absolute Gasteiger partial charge is 0.127 e. The molecule has 0 radical (unpaired) electrons. The van der Waals surface area contributed by atoms with E-state index in [0.717, 1.165) is 22.7 Å². The molecule has 0 spiro atoms. The predicted octanol–water partition coefficient (Wildman–Crippen LogP) is 3.55. The molecule has 74 valence electrons. The summed E-state index contributed by atoms with van der Waals surface area (Å²) in [6, 6.07) is 10.2. The zero-order chi connectivity index (χ0) is 10.4. The monoisotopic (exact) mass is 197 g/mol. The van der Waals surface area contributed by atoms with E-state index >= 15 is 0 Å². The maximum Gasteiger partial charge on any atom is 0.127 e. The van der Waals surface area contributed by atoms with Crippen molar-refractivity contribution in [2.75, 3.05) is 0 Å². The van der Waals surface area contributed by atoms with E-state index in [4.69, 9.17) is 4.42 Å². The van der Waals surface area contributed by atoms with Gasteiger partial charge in [-0.3, -0.25) is 0 Å². The minimum absolute atomic E-state index is 0.890. The van der Waals surface area contributed by atoms with Gasteiger partial charge in [0.15, 0.2) is 0 Å². The molecule has 0 atom stereocenters. The van der Waals surface area contributed by atoms with Crippen LogP contribution in [-0.2, 0) is 0 Å². The van der Waals surface area contributed by atoms with Crippen LogP contribution in [0.1, 0.15) is 11.5 Å². The average Bonchev–Trinajstić information content (AvgIpc) is 2.57. The first-order valence-corrected chi connectivity index (χ1v) is 5.01. The molecular weight excluding hydrogens is 186 g/mol. The molecular formula is C13H11NO. The molecule has 0 amide bonds. The Balaban J connectivity index is 2.53. The van der Waals surface area contributed by atoms with Gasteiger partial charge >= 0.3 is 0 Å². The fourth-order valence-corrected chi connectivity index (χ4v) is 2.04. The second-order valence-corrected chi connectivity index (χ2v) is 3.80. The van der Waals surface area contributed by atoms with Crippen molar-refractivity contribution in [1.82, 2.24) is 4.98 Å². The number of rotatable bonds is 0. The Labute approximate surface area is 87.9 Å². The van der Waals surface area contributed by atoms with E-state index in [1.165, 1.54) is 10.9 Å². The highest BCUT2D eigenvalue weighted by atomic mass is 16.3. The van der Waals surface area contributed by atoms with Crippen LogP contribution in [0.2, 0.25) is 0 Å². The number of aromatic nitrogens is 1. The van der Waals surface area contributed by atoms with Crippen LogP contribution in [-0.4, -0.2) is 4.98 Å². The van der Waals surface area contributed by atoms with Gasteiger partial charge in [0.1, 0.15) is 17.2 Å². The fourth-order valence-electron chi connectivity index (χ4n) is 2.04. The maximum absolute atomic E-state index is 5.56. The Bertz CT molecular complexity index is 609. The molecule has 0 bridgehead atoms. The molecule has 0 N–H and O–H groups in total. The lowest BCUT2D eigenvalue weighted by molar-refractivity contribution is 0.486. The first kappa shape index (κ1) is 8.48. The fraction of sp³-hybridized carbons (Fsp3) is 0.154. The van der Waals surface area contributed by atoms with Gasteiger partial charge in [0, 0.05) is 10.9 Å². The second-order valence-electron chi connectivity index (χ2n) is 3.80. The summed E-state index contributed by atoms with van der Waals surface area (Å²) in [6.45, 7) is 3.93. The summed E-state index contributed by atoms with van der Waals surface area (Å²) in [6.07, 6.45) is 0. The normalized spacial score (nSPS) is 11.3. The zero-order valence-corrected chi connectivity index (χ0v) is 8.74. The van der Waals surface area contributed by atoms with Crippen LogP contribution in [0.15, 0.2) is 34.7 Å². The summed E-state index contributed by atoms with van der Waals surface area (Å²) >= 11 is 0. The molecule has 0 saturated heterocycles. The standard InChI is InChI=1S/C13H11NO/c1-8-7-11-10-5-3-4-6-12(10)14-13(11)9(2)15-8/h3-7H,1-2H3. The molecule has 3 rings (SSSR count). The van der Waals surface area contributed by atoms with Gasteiger partial charge in [-0.1, -0.05) is 18.2 Å². The number of para-hydroxylation sites is 1. The summed E-state index contributed by atoms with van der Waals surface area (Å²) < 4.78 is 5.56. The van der Waals surface area contributed by atoms with Crippen molar-refractivity contribution in [2.24, 2.45) is 0 Å². The Kier molecular flexibility index (Phi) is 1.60. The number of benzene rings is 1. The van der Waals surface area contributed by atoms with Crippen LogP contribution < -0.4 is 0 Å². The van der Waals surface area contributed by atoms with Crippen molar-refractivity contribution in [3.63, 3.8) is 0 Å². The first-order chi connectivity index (χ1) is 7.25. The molecule has 15 heavy (non-hydrogen) atoms. The molecule has 0 aromatic heterocycles. The number of fused-ring (bicyclic) bond motifs is 3. The lowest BCUT2D eigenvalue weighted by atomic mass is 10.1. The minimum Gasteiger partial charge on any atom is -0.464 e. The summed E-state index contributed by atoms with van der Waals surface area (Å²) in [7, 11) is 0. The van der Waals surface area contributed by atoms with Gasteiger partial charge in [0.25, 0.3) is 0 Å². The first-order valence-electron chi connectivity index (χ1n) is 5.01. The van der Waals surface area contributed by atoms with Gasteiger partial charge in [0.05, 0.1) is 5.52 Å². The second kappa shape index (κ2) is 2.83. The van der Waals surface area contributed by atoms with Crippen molar-refractivity contribution < 1.29 is 4.42 Å². The number of nitrogens with zero attached hydrogens (tertiary/aromatic N) is 1. The summed E-state index contributed by atoms with van der Waals surface area (Å²) in [5, 5.41) is 1.20. The molecule has 2 aliphatic heterocycles. The highest BCUT2D eigenvalue weighted by Crippen LogP contribution is 2.33. The Morgan fingerprint density at radius 2 is 1.93 bits per heavy atom. The van der Waals surface area contributed by atoms with E-state index in [0.29, 0.717) is 0 Å². The SMILES string of the molecule is Cc1cc2c3ccccc3nc-2c(C)o1. The van der Waals surface area contributed by atoms with Gasteiger partial charge in [-0.2, -0.15) is 0 Å². The molecule has 0 saturated carbocycles. The van der Waals surface area contributed by atoms with Gasteiger partial charge in [-0.25, -0.2) is 4.98 Å². The topological polar surface area (TPSA) is 26.0 Å². The predicted molar refractivity (Wildman–Crippen MR) is 60.1 cm³/mol. The third-order valence-electron chi connectivity index (χ3n) is 2.68. The van der Waals surface area contributed by atoms with Crippen LogP contribution in [0.4, 0.5) is 0 Å². The quantitative estimate of drug-likeness (QED) is 0.550. The molecule has 2 aliphatic rings. The van der Waals surface area contributed by atoms with Crippen molar-refractivity contribution in [3.8, 4) is 11.3 Å². The molecule has 2 heteroatoms. The van der Waals surface area contributed by atoms with Gasteiger partial charge < -0.3 is 4.42 Å². The van der Waals surface area contributed by atoms with E-state index in [1.807, 2.05) is 32.0 Å². The van der Waals surface area contributed by atoms with Crippen molar-refractivity contribution in [1.29, 1.82) is 0 Å². The average molecular weight is 197 g/mol.